The second-order valence-corrected chi connectivity index (χ2v) is 4.59. The standard InChI is InChI=1S/C13H18F3N3O2/c1-9(6-7-17)8-18-12(20)19-10-2-4-11(5-3-10)21-13(14,15)16/h2-5,9H,6-8,17H2,1H3,(H2,18,19,20). The summed E-state index contributed by atoms with van der Waals surface area (Å²) in [5, 5.41) is 5.16. The first-order chi connectivity index (χ1) is 9.80. The zero-order valence-electron chi connectivity index (χ0n) is 11.5. The van der Waals surface area contributed by atoms with Crippen LogP contribution in [0, 0.1) is 5.92 Å². The zero-order valence-corrected chi connectivity index (χ0v) is 11.5. The van der Waals surface area contributed by atoms with Gasteiger partial charge in [-0.05, 0) is 43.1 Å². The number of urea groups is 1. The monoisotopic (exact) mass is 305 g/mol. The lowest BCUT2D eigenvalue weighted by atomic mass is 10.1. The van der Waals surface area contributed by atoms with Gasteiger partial charge in [0.1, 0.15) is 5.75 Å². The van der Waals surface area contributed by atoms with Crippen LogP contribution in [0.25, 0.3) is 0 Å². The van der Waals surface area contributed by atoms with Crippen molar-refractivity contribution in [3.05, 3.63) is 24.3 Å². The van der Waals surface area contributed by atoms with Gasteiger partial charge in [0.25, 0.3) is 0 Å². The zero-order chi connectivity index (χ0) is 15.9. The molecule has 1 rings (SSSR count). The molecule has 2 amide bonds. The molecule has 1 unspecified atom stereocenters. The van der Waals surface area contributed by atoms with E-state index in [0.29, 0.717) is 18.8 Å². The molecule has 0 aromatic heterocycles. The molecule has 0 heterocycles. The highest BCUT2D eigenvalue weighted by Gasteiger charge is 2.30. The molecule has 0 aliphatic heterocycles. The van der Waals surface area contributed by atoms with E-state index in [-0.39, 0.29) is 11.7 Å². The highest BCUT2D eigenvalue weighted by atomic mass is 19.4. The number of nitrogens with two attached hydrogens (primary N) is 1. The summed E-state index contributed by atoms with van der Waals surface area (Å²) in [6.45, 7) is 2.97. The minimum Gasteiger partial charge on any atom is -0.406 e. The van der Waals surface area contributed by atoms with Crippen molar-refractivity contribution in [2.24, 2.45) is 11.7 Å². The Labute approximate surface area is 120 Å². The molecule has 21 heavy (non-hydrogen) atoms. The van der Waals surface area contributed by atoms with Crippen molar-refractivity contribution in [1.29, 1.82) is 0 Å². The van der Waals surface area contributed by atoms with Gasteiger partial charge in [-0.25, -0.2) is 4.79 Å². The van der Waals surface area contributed by atoms with Crippen LogP contribution in [0.2, 0.25) is 0 Å². The van der Waals surface area contributed by atoms with E-state index in [2.05, 4.69) is 15.4 Å². The minimum atomic E-state index is -4.73. The summed E-state index contributed by atoms with van der Waals surface area (Å²) in [7, 11) is 0. The van der Waals surface area contributed by atoms with E-state index < -0.39 is 12.4 Å². The minimum absolute atomic E-state index is 0.253. The van der Waals surface area contributed by atoms with Gasteiger partial charge in [0.15, 0.2) is 0 Å². The van der Waals surface area contributed by atoms with Crippen LogP contribution in [0.1, 0.15) is 13.3 Å². The number of alkyl halides is 3. The maximum absolute atomic E-state index is 12.0. The highest BCUT2D eigenvalue weighted by molar-refractivity contribution is 5.89. The summed E-state index contributed by atoms with van der Waals surface area (Å²) in [6.07, 6.45) is -3.94. The predicted octanol–water partition coefficient (Wildman–Crippen LogP) is 2.69. The topological polar surface area (TPSA) is 76.4 Å². The smallest absolute Gasteiger partial charge is 0.406 e. The Hall–Kier alpha value is -1.96. The Morgan fingerprint density at radius 1 is 1.33 bits per heavy atom. The van der Waals surface area contributed by atoms with Gasteiger partial charge in [-0.15, -0.1) is 13.2 Å². The first-order valence-electron chi connectivity index (χ1n) is 6.41. The second kappa shape index (κ2) is 7.72. The fraction of sp³-hybridized carbons (Fsp3) is 0.462. The van der Waals surface area contributed by atoms with Crippen molar-refractivity contribution in [1.82, 2.24) is 5.32 Å². The second-order valence-electron chi connectivity index (χ2n) is 4.59. The number of benzene rings is 1. The van der Waals surface area contributed by atoms with Gasteiger partial charge in [0.2, 0.25) is 0 Å². The van der Waals surface area contributed by atoms with E-state index >= 15 is 0 Å². The highest BCUT2D eigenvalue weighted by Crippen LogP contribution is 2.23. The normalized spacial score (nSPS) is 12.6. The first kappa shape index (κ1) is 17.1. The summed E-state index contributed by atoms with van der Waals surface area (Å²) < 4.78 is 39.7. The van der Waals surface area contributed by atoms with Gasteiger partial charge >= 0.3 is 12.4 Å². The molecule has 0 saturated carbocycles. The molecule has 0 fully saturated rings. The summed E-state index contributed by atoms with van der Waals surface area (Å²) in [6, 6.07) is 4.47. The fourth-order valence-electron chi connectivity index (χ4n) is 1.57. The van der Waals surface area contributed by atoms with E-state index in [1.165, 1.54) is 12.1 Å². The number of anilines is 1. The van der Waals surface area contributed by atoms with Gasteiger partial charge < -0.3 is 21.1 Å². The maximum Gasteiger partial charge on any atom is 0.573 e. The molecule has 0 radical (unpaired) electrons. The van der Waals surface area contributed by atoms with Crippen LogP contribution in [-0.2, 0) is 0 Å². The molecule has 4 N–H and O–H groups in total. The number of nitrogens with one attached hydrogen (secondary N) is 2. The van der Waals surface area contributed by atoms with Crippen molar-refractivity contribution < 1.29 is 22.7 Å². The number of ether oxygens (including phenoxy) is 1. The molecule has 118 valence electrons. The average molecular weight is 305 g/mol. The number of carbonyl (C=O) groups is 1. The molecular weight excluding hydrogens is 287 g/mol. The van der Waals surface area contributed by atoms with Crippen LogP contribution >= 0.6 is 0 Å². The molecule has 0 bridgehead atoms. The number of hydrogen-bond donors (Lipinski definition) is 3. The lowest BCUT2D eigenvalue weighted by Crippen LogP contribution is -2.32. The lowest BCUT2D eigenvalue weighted by Gasteiger charge is -2.13. The van der Waals surface area contributed by atoms with Gasteiger partial charge in [-0.1, -0.05) is 6.92 Å². The molecule has 0 aliphatic carbocycles. The van der Waals surface area contributed by atoms with Crippen molar-refractivity contribution in [2.75, 3.05) is 18.4 Å². The number of carbonyl (C=O) groups excluding carboxylic acids is 1. The van der Waals surface area contributed by atoms with E-state index in [9.17, 15) is 18.0 Å². The van der Waals surface area contributed by atoms with Crippen molar-refractivity contribution in [3.8, 4) is 5.75 Å². The van der Waals surface area contributed by atoms with Crippen LogP contribution < -0.4 is 21.1 Å². The average Bonchev–Trinajstić information content (AvgIpc) is 2.37. The first-order valence-corrected chi connectivity index (χ1v) is 6.41. The summed E-state index contributed by atoms with van der Waals surface area (Å²) >= 11 is 0. The van der Waals surface area contributed by atoms with Gasteiger partial charge in [-0.3, -0.25) is 0 Å². The number of rotatable bonds is 6. The lowest BCUT2D eigenvalue weighted by molar-refractivity contribution is -0.274. The van der Waals surface area contributed by atoms with Crippen LogP contribution in [-0.4, -0.2) is 25.5 Å². The quantitative estimate of drug-likeness (QED) is 0.756. The third-order valence-corrected chi connectivity index (χ3v) is 2.62. The molecule has 1 aromatic carbocycles. The molecular formula is C13H18F3N3O2. The van der Waals surface area contributed by atoms with Crippen molar-refractivity contribution >= 4 is 11.7 Å². The molecule has 0 saturated heterocycles. The van der Waals surface area contributed by atoms with Gasteiger partial charge in [0, 0.05) is 12.2 Å². The van der Waals surface area contributed by atoms with Crippen LogP contribution in [0.4, 0.5) is 23.7 Å². The van der Waals surface area contributed by atoms with E-state index in [4.69, 9.17) is 5.73 Å². The van der Waals surface area contributed by atoms with E-state index in [1.807, 2.05) is 6.92 Å². The Bertz CT molecular complexity index is 449. The van der Waals surface area contributed by atoms with Crippen LogP contribution in [0.3, 0.4) is 0 Å². The Morgan fingerprint density at radius 3 is 2.48 bits per heavy atom. The van der Waals surface area contributed by atoms with Gasteiger partial charge in [-0.2, -0.15) is 0 Å². The van der Waals surface area contributed by atoms with Crippen LogP contribution in [0.5, 0.6) is 5.75 Å². The summed E-state index contributed by atoms with van der Waals surface area (Å²) in [5.74, 6) is -0.0895. The molecule has 0 aliphatic rings. The Morgan fingerprint density at radius 2 is 1.95 bits per heavy atom. The van der Waals surface area contributed by atoms with Crippen molar-refractivity contribution in [2.45, 2.75) is 19.7 Å². The molecule has 1 aromatic rings. The largest absolute Gasteiger partial charge is 0.573 e. The van der Waals surface area contributed by atoms with Crippen molar-refractivity contribution in [3.63, 3.8) is 0 Å². The maximum atomic E-state index is 12.0. The number of hydrogen-bond acceptors (Lipinski definition) is 3. The summed E-state index contributed by atoms with van der Waals surface area (Å²) in [4.78, 5) is 11.6. The third-order valence-electron chi connectivity index (χ3n) is 2.62. The SMILES string of the molecule is CC(CCN)CNC(=O)Nc1ccc(OC(F)(F)F)cc1. The number of halogens is 3. The molecule has 5 nitrogen and oxygen atoms in total. The molecule has 0 spiro atoms. The number of amides is 2. The Balaban J connectivity index is 2.43. The van der Waals surface area contributed by atoms with Crippen LogP contribution in [0.15, 0.2) is 24.3 Å². The van der Waals surface area contributed by atoms with Gasteiger partial charge in [0.05, 0.1) is 0 Å². The molecule has 1 atom stereocenters. The molecule has 8 heteroatoms. The third kappa shape index (κ3) is 7.40. The summed E-state index contributed by atoms with van der Waals surface area (Å²) in [5.41, 5.74) is 5.77. The van der Waals surface area contributed by atoms with E-state index in [0.717, 1.165) is 18.6 Å². The fourth-order valence-corrected chi connectivity index (χ4v) is 1.57. The Kier molecular flexibility index (Phi) is 6.29. The predicted molar refractivity (Wildman–Crippen MR) is 73.0 cm³/mol. The van der Waals surface area contributed by atoms with E-state index in [1.54, 1.807) is 0 Å².